The van der Waals surface area contributed by atoms with E-state index in [1.54, 1.807) is 17.0 Å². The number of esters is 1. The Morgan fingerprint density at radius 3 is 2.41 bits per heavy atom. The van der Waals surface area contributed by atoms with Crippen molar-refractivity contribution in [2.45, 2.75) is 17.6 Å². The summed E-state index contributed by atoms with van der Waals surface area (Å²) in [4.78, 5) is 13.3. The molecule has 0 bridgehead atoms. The van der Waals surface area contributed by atoms with Crippen molar-refractivity contribution >= 4 is 37.6 Å². The minimum Gasteiger partial charge on any atom is -0.468 e. The van der Waals surface area contributed by atoms with Gasteiger partial charge < -0.3 is 9.64 Å². The minimum atomic E-state index is -4.47. The number of fused-ring (bicyclic) bond motifs is 1. The van der Waals surface area contributed by atoms with Crippen LogP contribution in [0.4, 0.5) is 18.9 Å². The second kappa shape index (κ2) is 7.96. The quantitative estimate of drug-likeness (QED) is 0.610. The van der Waals surface area contributed by atoms with Gasteiger partial charge >= 0.3 is 12.1 Å². The normalized spacial score (nSPS) is 16.4. The molecule has 0 fully saturated rings. The van der Waals surface area contributed by atoms with Gasteiger partial charge in [-0.2, -0.15) is 17.5 Å². The molecule has 1 aliphatic heterocycles. The monoisotopic (exact) mass is 492 g/mol. The number of carbonyl (C=O) groups excluding carboxylic acids is 1. The van der Waals surface area contributed by atoms with Crippen LogP contribution in [0.1, 0.15) is 11.1 Å². The fraction of sp³-hybridized carbons (Fsp3) is 0.278. The number of alkyl halides is 3. The van der Waals surface area contributed by atoms with E-state index >= 15 is 0 Å². The summed E-state index contributed by atoms with van der Waals surface area (Å²) in [6.45, 7) is -0.471. The van der Waals surface area contributed by atoms with E-state index in [9.17, 15) is 26.4 Å². The van der Waals surface area contributed by atoms with E-state index < -0.39 is 27.7 Å². The van der Waals surface area contributed by atoms with Gasteiger partial charge in [-0.15, -0.1) is 0 Å². The van der Waals surface area contributed by atoms with E-state index in [0.717, 1.165) is 16.4 Å². The summed E-state index contributed by atoms with van der Waals surface area (Å²) < 4.78 is 70.7. The Labute approximate surface area is 174 Å². The highest BCUT2D eigenvalue weighted by Crippen LogP contribution is 2.36. The summed E-state index contributed by atoms with van der Waals surface area (Å²) in [5.41, 5.74) is -0.0790. The van der Waals surface area contributed by atoms with Crippen LogP contribution in [0, 0.1) is 0 Å². The standard InChI is InChI=1S/C18H16BrF3N2O4S/c1-28-17(25)10-23-11-24(9-12-2-4-13(5-3-12)18(20,21)22)29(26,27)16-8-14(19)6-7-15(16)23/h2-8H,9-11H2,1H3. The van der Waals surface area contributed by atoms with Crippen LogP contribution in [0.2, 0.25) is 0 Å². The van der Waals surface area contributed by atoms with Crippen molar-refractivity contribution < 1.29 is 31.1 Å². The lowest BCUT2D eigenvalue weighted by molar-refractivity contribution is -0.139. The van der Waals surface area contributed by atoms with Crippen LogP contribution >= 0.6 is 15.9 Å². The molecule has 0 saturated heterocycles. The Morgan fingerprint density at radius 2 is 1.83 bits per heavy atom. The summed E-state index contributed by atoms with van der Waals surface area (Å²) in [7, 11) is -2.70. The molecule has 156 valence electrons. The number of ether oxygens (including phenoxy) is 1. The predicted octanol–water partition coefficient (Wildman–Crippen LogP) is 3.61. The molecule has 11 heteroatoms. The smallest absolute Gasteiger partial charge is 0.416 e. The molecule has 0 unspecified atom stereocenters. The van der Waals surface area contributed by atoms with Crippen molar-refractivity contribution in [3.8, 4) is 0 Å². The summed E-state index contributed by atoms with van der Waals surface area (Å²) in [5.74, 6) is -0.548. The third kappa shape index (κ3) is 4.57. The Bertz CT molecular complexity index is 1030. The van der Waals surface area contributed by atoms with Crippen molar-refractivity contribution in [1.29, 1.82) is 0 Å². The van der Waals surface area contributed by atoms with Gasteiger partial charge in [-0.05, 0) is 35.9 Å². The molecule has 0 atom stereocenters. The van der Waals surface area contributed by atoms with Crippen LogP contribution in [0.5, 0.6) is 0 Å². The molecule has 0 aliphatic carbocycles. The summed E-state index contributed by atoms with van der Waals surface area (Å²) in [6.07, 6.45) is -4.47. The number of benzene rings is 2. The van der Waals surface area contributed by atoms with Crippen LogP contribution in [0.3, 0.4) is 0 Å². The third-order valence-corrected chi connectivity index (χ3v) is 6.70. The van der Waals surface area contributed by atoms with Crippen molar-refractivity contribution in [3.63, 3.8) is 0 Å². The second-order valence-corrected chi connectivity index (χ2v) is 9.16. The van der Waals surface area contributed by atoms with Gasteiger partial charge in [0.25, 0.3) is 0 Å². The lowest BCUT2D eigenvalue weighted by atomic mass is 10.1. The second-order valence-electron chi connectivity index (χ2n) is 6.34. The molecule has 3 rings (SSSR count). The molecule has 2 aromatic rings. The fourth-order valence-electron chi connectivity index (χ4n) is 2.93. The number of hydrogen-bond donors (Lipinski definition) is 0. The highest BCUT2D eigenvalue weighted by atomic mass is 79.9. The Kier molecular flexibility index (Phi) is 5.93. The molecule has 29 heavy (non-hydrogen) atoms. The van der Waals surface area contributed by atoms with Crippen molar-refractivity contribution in [2.75, 3.05) is 25.2 Å². The van der Waals surface area contributed by atoms with Crippen molar-refractivity contribution in [2.24, 2.45) is 0 Å². The van der Waals surface area contributed by atoms with Gasteiger partial charge in [0.05, 0.1) is 25.0 Å². The Balaban J connectivity index is 1.95. The number of rotatable bonds is 4. The zero-order valence-corrected chi connectivity index (χ0v) is 17.5. The minimum absolute atomic E-state index is 0.00561. The van der Waals surface area contributed by atoms with E-state index in [-0.39, 0.29) is 24.7 Å². The van der Waals surface area contributed by atoms with Gasteiger partial charge in [0.15, 0.2) is 0 Å². The average Bonchev–Trinajstić information content (AvgIpc) is 2.65. The molecule has 1 heterocycles. The van der Waals surface area contributed by atoms with Gasteiger partial charge in [0.2, 0.25) is 10.0 Å². The maximum atomic E-state index is 13.1. The van der Waals surface area contributed by atoms with Crippen LogP contribution in [0.15, 0.2) is 51.8 Å². The number of nitrogens with zero attached hydrogens (tertiary/aromatic N) is 2. The number of sulfonamides is 1. The fourth-order valence-corrected chi connectivity index (χ4v) is 5.07. The molecule has 0 radical (unpaired) electrons. The molecule has 2 aromatic carbocycles. The zero-order chi connectivity index (χ0) is 21.4. The lowest BCUT2D eigenvalue weighted by Gasteiger charge is -2.37. The summed E-state index contributed by atoms with van der Waals surface area (Å²) in [6, 6.07) is 8.94. The molecule has 6 nitrogen and oxygen atoms in total. The number of carbonyl (C=O) groups is 1. The maximum absolute atomic E-state index is 13.1. The van der Waals surface area contributed by atoms with Crippen LogP contribution in [0.25, 0.3) is 0 Å². The van der Waals surface area contributed by atoms with Crippen LogP contribution in [-0.2, 0) is 32.3 Å². The van der Waals surface area contributed by atoms with Crippen molar-refractivity contribution in [1.82, 2.24) is 4.31 Å². The first-order valence-electron chi connectivity index (χ1n) is 8.30. The average molecular weight is 493 g/mol. The molecule has 0 aromatic heterocycles. The van der Waals surface area contributed by atoms with Crippen molar-refractivity contribution in [3.05, 3.63) is 58.1 Å². The number of methoxy groups -OCH3 is 1. The SMILES string of the molecule is COC(=O)CN1CN(Cc2ccc(C(F)(F)F)cc2)S(=O)(=O)c2cc(Br)ccc21. The van der Waals surface area contributed by atoms with E-state index in [0.29, 0.717) is 15.7 Å². The lowest BCUT2D eigenvalue weighted by Crippen LogP contribution is -2.47. The molecule has 0 N–H and O–H groups in total. The van der Waals surface area contributed by atoms with E-state index in [2.05, 4.69) is 20.7 Å². The number of halogens is 4. The van der Waals surface area contributed by atoms with Gasteiger partial charge in [0, 0.05) is 11.0 Å². The van der Waals surface area contributed by atoms with Gasteiger partial charge in [-0.3, -0.25) is 4.79 Å². The predicted molar refractivity (Wildman–Crippen MR) is 103 cm³/mol. The molecular weight excluding hydrogens is 477 g/mol. The largest absolute Gasteiger partial charge is 0.468 e. The highest BCUT2D eigenvalue weighted by molar-refractivity contribution is 9.10. The van der Waals surface area contributed by atoms with Gasteiger partial charge in [0.1, 0.15) is 11.4 Å². The molecule has 0 spiro atoms. The Hall–Kier alpha value is -2.11. The molecular formula is C18H16BrF3N2O4S. The first kappa shape index (κ1) is 21.6. The first-order chi connectivity index (χ1) is 13.5. The molecule has 0 amide bonds. The molecule has 0 saturated carbocycles. The van der Waals surface area contributed by atoms with E-state index in [1.165, 1.54) is 25.3 Å². The first-order valence-corrected chi connectivity index (χ1v) is 10.5. The Morgan fingerprint density at radius 1 is 1.17 bits per heavy atom. The third-order valence-electron chi connectivity index (χ3n) is 4.40. The molecule has 1 aliphatic rings. The number of hydrogen-bond acceptors (Lipinski definition) is 5. The maximum Gasteiger partial charge on any atom is 0.416 e. The van der Waals surface area contributed by atoms with Crippen LogP contribution < -0.4 is 4.90 Å². The van der Waals surface area contributed by atoms with E-state index in [4.69, 9.17) is 0 Å². The topological polar surface area (TPSA) is 66.9 Å². The van der Waals surface area contributed by atoms with Gasteiger partial charge in [-0.1, -0.05) is 28.1 Å². The van der Waals surface area contributed by atoms with E-state index in [1.807, 2.05) is 0 Å². The number of anilines is 1. The summed E-state index contributed by atoms with van der Waals surface area (Å²) >= 11 is 3.24. The summed E-state index contributed by atoms with van der Waals surface area (Å²) in [5, 5.41) is 0. The zero-order valence-electron chi connectivity index (χ0n) is 15.1. The van der Waals surface area contributed by atoms with Gasteiger partial charge in [-0.25, -0.2) is 8.42 Å². The van der Waals surface area contributed by atoms with Crippen LogP contribution in [-0.4, -0.2) is 39.0 Å². The highest BCUT2D eigenvalue weighted by Gasteiger charge is 2.36.